The van der Waals surface area contributed by atoms with Crippen LogP contribution in [0.25, 0.3) is 10.9 Å². The van der Waals surface area contributed by atoms with Gasteiger partial charge < -0.3 is 10.3 Å². The minimum atomic E-state index is -0.474. The number of aromatic nitrogens is 2. The summed E-state index contributed by atoms with van der Waals surface area (Å²) in [5.41, 5.74) is -0.0710. The van der Waals surface area contributed by atoms with Crippen LogP contribution >= 0.6 is 12.6 Å². The van der Waals surface area contributed by atoms with Gasteiger partial charge in [0.1, 0.15) is 0 Å². The molecule has 1 amide bonds. The van der Waals surface area contributed by atoms with E-state index in [-0.39, 0.29) is 11.5 Å². The summed E-state index contributed by atoms with van der Waals surface area (Å²) < 4.78 is 1.11. The third-order valence-corrected chi connectivity index (χ3v) is 3.18. The molecule has 2 N–H and O–H groups in total. The summed E-state index contributed by atoms with van der Waals surface area (Å²) in [6, 6.07) is 4.62. The predicted molar refractivity (Wildman–Crippen MR) is 80.7 cm³/mol. The predicted octanol–water partition coefficient (Wildman–Crippen LogP) is 0.369. The third kappa shape index (κ3) is 2.62. The minimum Gasteiger partial charge on any atom is -0.351 e. The lowest BCUT2D eigenvalue weighted by Crippen LogP contribution is -2.34. The van der Waals surface area contributed by atoms with E-state index in [4.69, 9.17) is 0 Å². The Hall–Kier alpha value is -2.02. The Bertz CT molecular complexity index is 764. The molecular weight excluding hydrogens is 278 g/mol. The zero-order chi connectivity index (χ0) is 14.7. The maximum absolute atomic E-state index is 12.1. The molecule has 0 bridgehead atoms. The summed E-state index contributed by atoms with van der Waals surface area (Å²) in [6.07, 6.45) is 0. The van der Waals surface area contributed by atoms with Crippen molar-refractivity contribution in [3.63, 3.8) is 0 Å². The number of hydrogen-bond donors (Lipinski definition) is 3. The third-order valence-electron chi connectivity index (χ3n) is 2.96. The molecule has 2 aromatic rings. The highest BCUT2D eigenvalue weighted by atomic mass is 32.1. The van der Waals surface area contributed by atoms with Crippen molar-refractivity contribution in [1.82, 2.24) is 14.9 Å². The Labute approximate surface area is 120 Å². The Morgan fingerprint density at radius 1 is 1.40 bits per heavy atom. The van der Waals surface area contributed by atoms with Crippen LogP contribution in [0, 0.1) is 0 Å². The molecule has 1 heterocycles. The number of aromatic amines is 1. The lowest BCUT2D eigenvalue weighted by molar-refractivity contribution is 0.0956. The first kappa shape index (κ1) is 14.4. The van der Waals surface area contributed by atoms with Crippen LogP contribution in [0.15, 0.2) is 27.8 Å². The zero-order valence-corrected chi connectivity index (χ0v) is 11.9. The Morgan fingerprint density at radius 2 is 2.15 bits per heavy atom. The van der Waals surface area contributed by atoms with E-state index in [2.05, 4.69) is 22.9 Å². The molecule has 0 unspecified atom stereocenters. The van der Waals surface area contributed by atoms with Crippen LogP contribution in [0.3, 0.4) is 0 Å². The fraction of sp³-hybridized carbons (Fsp3) is 0.308. The fourth-order valence-electron chi connectivity index (χ4n) is 1.95. The number of H-pyrrole nitrogens is 1. The van der Waals surface area contributed by atoms with Gasteiger partial charge in [0, 0.05) is 24.4 Å². The van der Waals surface area contributed by atoms with Crippen LogP contribution < -0.4 is 16.6 Å². The highest BCUT2D eigenvalue weighted by Crippen LogP contribution is 2.09. The number of amides is 1. The summed E-state index contributed by atoms with van der Waals surface area (Å²) >= 11 is 4.01. The van der Waals surface area contributed by atoms with Crippen LogP contribution in [0.1, 0.15) is 17.3 Å². The first-order chi connectivity index (χ1) is 9.58. The van der Waals surface area contributed by atoms with E-state index in [1.807, 2.05) is 0 Å². The Morgan fingerprint density at radius 3 is 2.80 bits per heavy atom. The van der Waals surface area contributed by atoms with E-state index >= 15 is 0 Å². The van der Waals surface area contributed by atoms with Gasteiger partial charge in [0.2, 0.25) is 0 Å². The summed E-state index contributed by atoms with van der Waals surface area (Å²) in [7, 11) is 0. The average molecular weight is 293 g/mol. The van der Waals surface area contributed by atoms with Crippen LogP contribution in [-0.2, 0) is 6.54 Å². The molecule has 2 rings (SSSR count). The molecule has 7 heteroatoms. The number of nitrogens with zero attached hydrogens (tertiary/aromatic N) is 1. The van der Waals surface area contributed by atoms with Gasteiger partial charge in [-0.3, -0.25) is 14.2 Å². The van der Waals surface area contributed by atoms with Gasteiger partial charge in [-0.1, -0.05) is 0 Å². The fourth-order valence-corrected chi connectivity index (χ4v) is 2.07. The number of nitrogens with one attached hydrogen (secondary N) is 2. The normalized spacial score (nSPS) is 10.7. The van der Waals surface area contributed by atoms with Crippen LogP contribution in [0.5, 0.6) is 0 Å². The van der Waals surface area contributed by atoms with Crippen LogP contribution in [-0.4, -0.2) is 27.8 Å². The molecule has 0 aliphatic rings. The quantitative estimate of drug-likeness (QED) is 0.712. The van der Waals surface area contributed by atoms with Crippen LogP contribution in [0.4, 0.5) is 0 Å². The molecule has 106 valence electrons. The first-order valence-corrected chi connectivity index (χ1v) is 6.87. The van der Waals surface area contributed by atoms with Gasteiger partial charge in [-0.15, -0.1) is 0 Å². The molecule has 1 aromatic carbocycles. The maximum Gasteiger partial charge on any atom is 0.328 e. The summed E-state index contributed by atoms with van der Waals surface area (Å²) in [5.74, 6) is 0.277. The molecule has 0 aliphatic carbocycles. The maximum atomic E-state index is 12.1. The first-order valence-electron chi connectivity index (χ1n) is 6.24. The van der Waals surface area contributed by atoms with Crippen molar-refractivity contribution in [1.29, 1.82) is 0 Å². The van der Waals surface area contributed by atoms with Crippen molar-refractivity contribution in [2.24, 2.45) is 0 Å². The summed E-state index contributed by atoms with van der Waals surface area (Å²) in [6.45, 7) is 2.48. The van der Waals surface area contributed by atoms with Gasteiger partial charge in [-0.2, -0.15) is 12.6 Å². The SMILES string of the molecule is CCn1c(=O)[nH]c2cc(C(=O)NCCS)ccc2c1=O. The van der Waals surface area contributed by atoms with Crippen molar-refractivity contribution >= 4 is 29.4 Å². The number of hydrogen-bond acceptors (Lipinski definition) is 4. The molecule has 0 spiro atoms. The van der Waals surface area contributed by atoms with E-state index in [1.165, 1.54) is 6.07 Å². The van der Waals surface area contributed by atoms with Crippen molar-refractivity contribution in [3.05, 3.63) is 44.6 Å². The molecule has 0 radical (unpaired) electrons. The van der Waals surface area contributed by atoms with Crippen molar-refractivity contribution < 1.29 is 4.79 Å². The van der Waals surface area contributed by atoms with Gasteiger partial charge in [-0.05, 0) is 25.1 Å². The smallest absolute Gasteiger partial charge is 0.328 e. The van der Waals surface area contributed by atoms with E-state index in [0.717, 1.165) is 4.57 Å². The van der Waals surface area contributed by atoms with Gasteiger partial charge >= 0.3 is 5.69 Å². The molecule has 1 aromatic heterocycles. The highest BCUT2D eigenvalue weighted by molar-refractivity contribution is 7.80. The van der Waals surface area contributed by atoms with E-state index in [0.29, 0.717) is 35.3 Å². The Kier molecular flexibility index (Phi) is 4.29. The highest BCUT2D eigenvalue weighted by Gasteiger charge is 2.10. The summed E-state index contributed by atoms with van der Waals surface area (Å²) in [5, 5.41) is 3.06. The van der Waals surface area contributed by atoms with Gasteiger partial charge in [0.05, 0.1) is 10.9 Å². The number of benzene rings is 1. The molecule has 0 saturated carbocycles. The average Bonchev–Trinajstić information content (AvgIpc) is 2.44. The summed E-state index contributed by atoms with van der Waals surface area (Å²) in [4.78, 5) is 38.2. The topological polar surface area (TPSA) is 84.0 Å². The molecule has 20 heavy (non-hydrogen) atoms. The Balaban J connectivity index is 2.53. The van der Waals surface area contributed by atoms with E-state index in [1.54, 1.807) is 19.1 Å². The lowest BCUT2D eigenvalue weighted by atomic mass is 10.1. The van der Waals surface area contributed by atoms with E-state index < -0.39 is 5.69 Å². The minimum absolute atomic E-state index is 0.263. The van der Waals surface area contributed by atoms with Crippen molar-refractivity contribution in [3.8, 4) is 0 Å². The number of carbonyl (C=O) groups excluding carboxylic acids is 1. The van der Waals surface area contributed by atoms with Crippen LogP contribution in [0.2, 0.25) is 0 Å². The second-order valence-electron chi connectivity index (χ2n) is 4.22. The largest absolute Gasteiger partial charge is 0.351 e. The van der Waals surface area contributed by atoms with Crippen molar-refractivity contribution in [2.45, 2.75) is 13.5 Å². The van der Waals surface area contributed by atoms with Gasteiger partial charge in [-0.25, -0.2) is 4.79 Å². The number of fused-ring (bicyclic) bond motifs is 1. The standard InChI is InChI=1S/C13H15N3O3S/c1-2-16-12(18)9-4-3-8(11(17)14-5-6-20)7-10(9)15-13(16)19/h3-4,7,20H,2,5-6H2,1H3,(H,14,17)(H,15,19). The van der Waals surface area contributed by atoms with Crippen molar-refractivity contribution in [2.75, 3.05) is 12.3 Å². The molecule has 0 atom stereocenters. The molecule has 0 fully saturated rings. The van der Waals surface area contributed by atoms with Gasteiger partial charge in [0.25, 0.3) is 11.5 Å². The second-order valence-corrected chi connectivity index (χ2v) is 4.67. The molecule has 0 saturated heterocycles. The lowest BCUT2D eigenvalue weighted by Gasteiger charge is -2.06. The van der Waals surface area contributed by atoms with Gasteiger partial charge in [0.15, 0.2) is 0 Å². The molecule has 0 aliphatic heterocycles. The zero-order valence-electron chi connectivity index (χ0n) is 11.0. The second kappa shape index (κ2) is 5.96. The molecule has 6 nitrogen and oxygen atoms in total. The number of carbonyl (C=O) groups is 1. The number of thiol groups is 1. The molecular formula is C13H15N3O3S. The monoisotopic (exact) mass is 293 g/mol. The van der Waals surface area contributed by atoms with E-state index in [9.17, 15) is 14.4 Å². The number of rotatable bonds is 4.